The Morgan fingerprint density at radius 1 is 1.26 bits per heavy atom. The summed E-state index contributed by atoms with van der Waals surface area (Å²) in [5.74, 6) is 0.742. The number of carbonyl (C=O) groups excluding carboxylic acids is 1. The average Bonchev–Trinajstić information content (AvgIpc) is 2.66. The van der Waals surface area contributed by atoms with Crippen molar-refractivity contribution in [3.05, 3.63) is 35.4 Å². The van der Waals surface area contributed by atoms with Gasteiger partial charge in [0.05, 0.1) is 0 Å². The van der Waals surface area contributed by atoms with Crippen LogP contribution in [-0.2, 0) is 17.8 Å². The lowest BCUT2D eigenvalue weighted by Crippen LogP contribution is -2.37. The van der Waals surface area contributed by atoms with Gasteiger partial charge in [-0.05, 0) is 30.4 Å². The third-order valence-electron chi connectivity index (χ3n) is 4.84. The maximum Gasteiger partial charge on any atom is 0.142 e. The zero-order valence-electron chi connectivity index (χ0n) is 12.0. The molecule has 1 atom stereocenters. The largest absolute Gasteiger partial charge is 0.299 e. The van der Waals surface area contributed by atoms with Gasteiger partial charge in [0.2, 0.25) is 0 Å². The Bertz CT molecular complexity index is 492. The number of nitrogens with zero attached hydrogens (tertiary/aromatic N) is 1. The second-order valence-electron chi connectivity index (χ2n) is 6.74. The summed E-state index contributed by atoms with van der Waals surface area (Å²) >= 11 is 0. The van der Waals surface area contributed by atoms with Crippen LogP contribution in [0.5, 0.6) is 0 Å². The first-order chi connectivity index (χ1) is 9.06. The van der Waals surface area contributed by atoms with Gasteiger partial charge in [-0.2, -0.15) is 0 Å². The zero-order chi connectivity index (χ0) is 13.5. The van der Waals surface area contributed by atoms with Crippen molar-refractivity contribution < 1.29 is 4.79 Å². The van der Waals surface area contributed by atoms with Gasteiger partial charge in [-0.15, -0.1) is 0 Å². The number of benzene rings is 1. The van der Waals surface area contributed by atoms with Crippen molar-refractivity contribution in [1.29, 1.82) is 0 Å². The Balaban J connectivity index is 1.66. The van der Waals surface area contributed by atoms with Crippen LogP contribution in [0, 0.1) is 11.3 Å². The van der Waals surface area contributed by atoms with E-state index in [1.807, 2.05) is 0 Å². The lowest BCUT2D eigenvalue weighted by atomic mass is 9.88. The number of hydrogen-bond donors (Lipinski definition) is 0. The number of ketones is 1. The maximum absolute atomic E-state index is 12.3. The van der Waals surface area contributed by atoms with Gasteiger partial charge in [0, 0.05) is 31.0 Å². The Hall–Kier alpha value is -1.15. The summed E-state index contributed by atoms with van der Waals surface area (Å²) in [7, 11) is 0. The molecule has 1 fully saturated rings. The molecule has 0 radical (unpaired) electrons. The van der Waals surface area contributed by atoms with Crippen molar-refractivity contribution in [3.8, 4) is 0 Å². The highest BCUT2D eigenvalue weighted by atomic mass is 16.1. The SMILES string of the molecule is CC1(C)CCC(CN2CCc3ccccc3C2)C1=O. The van der Waals surface area contributed by atoms with E-state index in [-0.39, 0.29) is 11.3 Å². The first-order valence-corrected chi connectivity index (χ1v) is 7.40. The summed E-state index contributed by atoms with van der Waals surface area (Å²) in [6, 6.07) is 8.70. The van der Waals surface area contributed by atoms with E-state index in [4.69, 9.17) is 0 Å². The van der Waals surface area contributed by atoms with Gasteiger partial charge in [-0.25, -0.2) is 0 Å². The van der Waals surface area contributed by atoms with Crippen LogP contribution < -0.4 is 0 Å². The minimum absolute atomic E-state index is 0.0850. The van der Waals surface area contributed by atoms with E-state index < -0.39 is 0 Å². The molecule has 1 aliphatic heterocycles. The minimum atomic E-state index is -0.0850. The quantitative estimate of drug-likeness (QED) is 0.811. The predicted molar refractivity (Wildman–Crippen MR) is 76.9 cm³/mol. The van der Waals surface area contributed by atoms with E-state index in [2.05, 4.69) is 43.0 Å². The van der Waals surface area contributed by atoms with Gasteiger partial charge in [-0.1, -0.05) is 38.1 Å². The summed E-state index contributed by atoms with van der Waals surface area (Å²) in [6.07, 6.45) is 3.26. The van der Waals surface area contributed by atoms with E-state index in [0.717, 1.165) is 38.9 Å². The number of fused-ring (bicyclic) bond motifs is 1. The molecular weight excluding hydrogens is 234 g/mol. The van der Waals surface area contributed by atoms with E-state index in [1.165, 1.54) is 11.1 Å². The Labute approximate surface area is 115 Å². The fourth-order valence-electron chi connectivity index (χ4n) is 3.54. The first-order valence-electron chi connectivity index (χ1n) is 7.40. The standard InChI is InChI=1S/C17H23NO/c1-17(2)9-7-15(16(17)19)12-18-10-8-13-5-3-4-6-14(13)11-18/h3-6,15H,7-12H2,1-2H3. The topological polar surface area (TPSA) is 20.3 Å². The molecule has 1 aliphatic carbocycles. The molecule has 0 spiro atoms. The third-order valence-corrected chi connectivity index (χ3v) is 4.84. The molecule has 102 valence electrons. The van der Waals surface area contributed by atoms with E-state index in [1.54, 1.807) is 0 Å². The maximum atomic E-state index is 12.3. The highest BCUT2D eigenvalue weighted by Crippen LogP contribution is 2.38. The van der Waals surface area contributed by atoms with Crippen molar-refractivity contribution >= 4 is 5.78 Å². The molecule has 0 bridgehead atoms. The molecule has 19 heavy (non-hydrogen) atoms. The normalized spacial score (nSPS) is 26.4. The Morgan fingerprint density at radius 2 is 2.00 bits per heavy atom. The van der Waals surface area contributed by atoms with Gasteiger partial charge in [0.25, 0.3) is 0 Å². The van der Waals surface area contributed by atoms with Crippen LogP contribution in [0.2, 0.25) is 0 Å². The molecule has 0 aromatic heterocycles. The van der Waals surface area contributed by atoms with Crippen molar-refractivity contribution in [2.75, 3.05) is 13.1 Å². The van der Waals surface area contributed by atoms with Gasteiger partial charge < -0.3 is 0 Å². The van der Waals surface area contributed by atoms with Crippen molar-refractivity contribution in [3.63, 3.8) is 0 Å². The van der Waals surface area contributed by atoms with Gasteiger partial charge >= 0.3 is 0 Å². The van der Waals surface area contributed by atoms with E-state index in [9.17, 15) is 4.79 Å². The molecule has 0 N–H and O–H groups in total. The number of Topliss-reactive ketones (excluding diaryl/α,β-unsaturated/α-hetero) is 1. The van der Waals surface area contributed by atoms with Gasteiger partial charge in [0.1, 0.15) is 5.78 Å². The molecule has 2 aliphatic rings. The second-order valence-corrected chi connectivity index (χ2v) is 6.74. The van der Waals surface area contributed by atoms with Crippen molar-refractivity contribution in [2.24, 2.45) is 11.3 Å². The second kappa shape index (κ2) is 4.75. The fourth-order valence-corrected chi connectivity index (χ4v) is 3.54. The van der Waals surface area contributed by atoms with Crippen LogP contribution in [0.15, 0.2) is 24.3 Å². The monoisotopic (exact) mass is 257 g/mol. The van der Waals surface area contributed by atoms with Crippen LogP contribution in [-0.4, -0.2) is 23.8 Å². The molecule has 0 amide bonds. The lowest BCUT2D eigenvalue weighted by Gasteiger charge is -2.30. The fraction of sp³-hybridized carbons (Fsp3) is 0.588. The smallest absolute Gasteiger partial charge is 0.142 e. The molecule has 1 unspecified atom stereocenters. The van der Waals surface area contributed by atoms with Crippen molar-refractivity contribution in [1.82, 2.24) is 4.90 Å². The summed E-state index contributed by atoms with van der Waals surface area (Å²) in [5, 5.41) is 0. The van der Waals surface area contributed by atoms with E-state index >= 15 is 0 Å². The predicted octanol–water partition coefficient (Wildman–Crippen LogP) is 3.05. The first kappa shape index (κ1) is 12.9. The van der Waals surface area contributed by atoms with Crippen molar-refractivity contribution in [2.45, 2.75) is 39.7 Å². The average molecular weight is 257 g/mol. The zero-order valence-corrected chi connectivity index (χ0v) is 12.0. The van der Waals surface area contributed by atoms with Crippen LogP contribution >= 0.6 is 0 Å². The molecule has 1 heterocycles. The molecule has 2 heteroatoms. The van der Waals surface area contributed by atoms with Crippen LogP contribution in [0.1, 0.15) is 37.8 Å². The van der Waals surface area contributed by atoms with Crippen LogP contribution in [0.4, 0.5) is 0 Å². The molecule has 2 nitrogen and oxygen atoms in total. The summed E-state index contributed by atoms with van der Waals surface area (Å²) < 4.78 is 0. The number of hydrogen-bond acceptors (Lipinski definition) is 2. The Morgan fingerprint density at radius 3 is 2.68 bits per heavy atom. The molecule has 3 rings (SSSR count). The Kier molecular flexibility index (Phi) is 3.22. The molecule has 1 saturated carbocycles. The summed E-state index contributed by atoms with van der Waals surface area (Å²) in [4.78, 5) is 14.8. The summed E-state index contributed by atoms with van der Waals surface area (Å²) in [6.45, 7) is 7.26. The lowest BCUT2D eigenvalue weighted by molar-refractivity contribution is -0.128. The molecule has 1 aromatic rings. The highest BCUT2D eigenvalue weighted by molar-refractivity contribution is 5.88. The minimum Gasteiger partial charge on any atom is -0.299 e. The number of rotatable bonds is 2. The highest BCUT2D eigenvalue weighted by Gasteiger charge is 2.40. The molecule has 0 saturated heterocycles. The van der Waals surface area contributed by atoms with E-state index in [0.29, 0.717) is 5.78 Å². The van der Waals surface area contributed by atoms with Crippen LogP contribution in [0.25, 0.3) is 0 Å². The van der Waals surface area contributed by atoms with Crippen LogP contribution in [0.3, 0.4) is 0 Å². The van der Waals surface area contributed by atoms with Gasteiger partial charge in [0.15, 0.2) is 0 Å². The summed E-state index contributed by atoms with van der Waals surface area (Å²) in [5.41, 5.74) is 2.84. The number of carbonyl (C=O) groups is 1. The third kappa shape index (κ3) is 2.46. The molecule has 1 aromatic carbocycles. The van der Waals surface area contributed by atoms with Gasteiger partial charge in [-0.3, -0.25) is 9.69 Å². The molecular formula is C17H23NO.